The predicted molar refractivity (Wildman–Crippen MR) is 59.8 cm³/mol. The van der Waals surface area contributed by atoms with Crippen molar-refractivity contribution in [2.45, 2.75) is 58.0 Å². The predicted octanol–water partition coefficient (Wildman–Crippen LogP) is 1.80. The monoisotopic (exact) mass is 211 g/mol. The summed E-state index contributed by atoms with van der Waals surface area (Å²) in [6.45, 7) is 3.28. The highest BCUT2D eigenvalue weighted by molar-refractivity contribution is 5.77. The molecule has 1 aliphatic rings. The molecular formula is C12H21NO2. The Morgan fingerprint density at radius 3 is 1.80 bits per heavy atom. The number of likely N-dealkylation sites (tertiary alicyclic amines) is 1. The maximum absolute atomic E-state index is 11.1. The van der Waals surface area contributed by atoms with Crippen molar-refractivity contribution in [3.8, 4) is 0 Å². The van der Waals surface area contributed by atoms with Gasteiger partial charge >= 0.3 is 0 Å². The molecule has 0 saturated carbocycles. The van der Waals surface area contributed by atoms with Gasteiger partial charge in [-0.25, -0.2) is 0 Å². The molecule has 1 saturated heterocycles. The summed E-state index contributed by atoms with van der Waals surface area (Å²) in [7, 11) is 2.04. The second kappa shape index (κ2) is 5.40. The van der Waals surface area contributed by atoms with E-state index in [2.05, 4.69) is 4.90 Å². The van der Waals surface area contributed by atoms with Gasteiger partial charge in [-0.3, -0.25) is 14.5 Å². The van der Waals surface area contributed by atoms with Crippen LogP contribution in [0.3, 0.4) is 0 Å². The van der Waals surface area contributed by atoms with Gasteiger partial charge in [0, 0.05) is 24.9 Å². The number of nitrogens with zero attached hydrogens (tertiary/aromatic N) is 1. The molecule has 0 unspecified atom stereocenters. The van der Waals surface area contributed by atoms with E-state index >= 15 is 0 Å². The molecule has 0 aromatic rings. The molecule has 2 atom stereocenters. The quantitative estimate of drug-likeness (QED) is 0.711. The lowest BCUT2D eigenvalue weighted by Gasteiger charge is -2.39. The number of rotatable bonds is 4. The molecular weight excluding hydrogens is 190 g/mol. The molecule has 1 fully saturated rings. The molecule has 0 aliphatic carbocycles. The van der Waals surface area contributed by atoms with Crippen molar-refractivity contribution in [3.63, 3.8) is 0 Å². The van der Waals surface area contributed by atoms with Crippen LogP contribution in [0.4, 0.5) is 0 Å². The van der Waals surface area contributed by atoms with E-state index in [1.54, 1.807) is 13.8 Å². The molecule has 1 heterocycles. The first-order valence-electron chi connectivity index (χ1n) is 5.71. The van der Waals surface area contributed by atoms with Crippen LogP contribution in [0.2, 0.25) is 0 Å². The minimum Gasteiger partial charge on any atom is -0.300 e. The number of hydrogen-bond acceptors (Lipinski definition) is 3. The Kier molecular flexibility index (Phi) is 4.45. The third-order valence-electron chi connectivity index (χ3n) is 3.27. The van der Waals surface area contributed by atoms with Crippen molar-refractivity contribution in [3.05, 3.63) is 0 Å². The van der Waals surface area contributed by atoms with Crippen molar-refractivity contribution in [1.29, 1.82) is 0 Å². The largest absolute Gasteiger partial charge is 0.300 e. The zero-order valence-corrected chi connectivity index (χ0v) is 9.95. The number of Topliss-reactive ketones (excluding diaryl/α,β-unsaturated/α-hetero) is 2. The van der Waals surface area contributed by atoms with E-state index in [0.717, 1.165) is 19.3 Å². The first-order chi connectivity index (χ1) is 7.00. The Morgan fingerprint density at radius 2 is 1.47 bits per heavy atom. The van der Waals surface area contributed by atoms with Gasteiger partial charge in [0.05, 0.1) is 0 Å². The molecule has 15 heavy (non-hydrogen) atoms. The zero-order valence-electron chi connectivity index (χ0n) is 9.95. The number of ketones is 2. The second-order valence-corrected chi connectivity index (χ2v) is 4.72. The van der Waals surface area contributed by atoms with Gasteiger partial charge in [0.15, 0.2) is 0 Å². The molecule has 1 aliphatic heterocycles. The van der Waals surface area contributed by atoms with Crippen LogP contribution in [0.1, 0.15) is 46.0 Å². The van der Waals surface area contributed by atoms with Crippen molar-refractivity contribution in [1.82, 2.24) is 4.90 Å². The minimum absolute atomic E-state index is 0.246. The van der Waals surface area contributed by atoms with Crippen LogP contribution < -0.4 is 0 Å². The summed E-state index contributed by atoms with van der Waals surface area (Å²) < 4.78 is 0. The Bertz CT molecular complexity index is 226. The fourth-order valence-corrected chi connectivity index (χ4v) is 2.45. The summed E-state index contributed by atoms with van der Waals surface area (Å²) in [6, 6.07) is 0.696. The lowest BCUT2D eigenvalue weighted by Crippen LogP contribution is -2.45. The molecule has 0 spiro atoms. The van der Waals surface area contributed by atoms with E-state index in [0.29, 0.717) is 24.9 Å². The molecule has 3 heteroatoms. The summed E-state index contributed by atoms with van der Waals surface area (Å²) >= 11 is 0. The lowest BCUT2D eigenvalue weighted by molar-refractivity contribution is -0.119. The Balaban J connectivity index is 2.54. The summed E-state index contributed by atoms with van der Waals surface area (Å²) in [5.41, 5.74) is 0. The maximum Gasteiger partial charge on any atom is 0.131 e. The van der Waals surface area contributed by atoms with Gasteiger partial charge in [0.2, 0.25) is 0 Å². The molecule has 0 aromatic heterocycles. The number of carbonyl (C=O) groups excluding carboxylic acids is 2. The van der Waals surface area contributed by atoms with Crippen LogP contribution in [-0.2, 0) is 9.59 Å². The van der Waals surface area contributed by atoms with Crippen molar-refractivity contribution in [2.24, 2.45) is 0 Å². The van der Waals surface area contributed by atoms with E-state index in [9.17, 15) is 9.59 Å². The fourth-order valence-electron chi connectivity index (χ4n) is 2.45. The van der Waals surface area contributed by atoms with E-state index in [1.807, 2.05) is 7.05 Å². The summed E-state index contributed by atoms with van der Waals surface area (Å²) in [5.74, 6) is 0.491. The van der Waals surface area contributed by atoms with Crippen molar-refractivity contribution in [2.75, 3.05) is 7.05 Å². The Morgan fingerprint density at radius 1 is 1.07 bits per heavy atom. The molecule has 86 valence electrons. The zero-order chi connectivity index (χ0) is 11.4. The van der Waals surface area contributed by atoms with E-state index in [4.69, 9.17) is 0 Å². The van der Waals surface area contributed by atoms with Gasteiger partial charge in [0.25, 0.3) is 0 Å². The van der Waals surface area contributed by atoms with E-state index in [-0.39, 0.29) is 11.6 Å². The van der Waals surface area contributed by atoms with Crippen molar-refractivity contribution < 1.29 is 9.59 Å². The Labute approximate surface area is 91.8 Å². The van der Waals surface area contributed by atoms with Gasteiger partial charge < -0.3 is 0 Å². The van der Waals surface area contributed by atoms with E-state index < -0.39 is 0 Å². The van der Waals surface area contributed by atoms with Crippen LogP contribution in [-0.4, -0.2) is 35.6 Å². The van der Waals surface area contributed by atoms with Crippen LogP contribution in [0.5, 0.6) is 0 Å². The molecule has 0 N–H and O–H groups in total. The van der Waals surface area contributed by atoms with E-state index in [1.165, 1.54) is 0 Å². The Hall–Kier alpha value is -0.700. The molecule has 1 rings (SSSR count). The van der Waals surface area contributed by atoms with Gasteiger partial charge in [-0.2, -0.15) is 0 Å². The summed E-state index contributed by atoms with van der Waals surface area (Å²) in [6.07, 6.45) is 4.57. The SMILES string of the molecule is CC(=O)C[C@H]1CCC[C@H](CC(C)=O)N1C. The number of hydrogen-bond donors (Lipinski definition) is 0. The third kappa shape index (κ3) is 3.74. The molecule has 0 radical (unpaired) electrons. The average molecular weight is 211 g/mol. The van der Waals surface area contributed by atoms with Gasteiger partial charge in [-0.15, -0.1) is 0 Å². The van der Waals surface area contributed by atoms with Crippen LogP contribution in [0.15, 0.2) is 0 Å². The number of piperidine rings is 1. The topological polar surface area (TPSA) is 37.4 Å². The lowest BCUT2D eigenvalue weighted by atomic mass is 9.91. The second-order valence-electron chi connectivity index (χ2n) is 4.72. The minimum atomic E-state index is 0.246. The van der Waals surface area contributed by atoms with Gasteiger partial charge in [-0.05, 0) is 33.7 Å². The first-order valence-corrected chi connectivity index (χ1v) is 5.71. The normalized spacial score (nSPS) is 27.7. The average Bonchev–Trinajstić information content (AvgIpc) is 2.10. The van der Waals surface area contributed by atoms with Gasteiger partial charge in [-0.1, -0.05) is 6.42 Å². The highest BCUT2D eigenvalue weighted by Crippen LogP contribution is 2.25. The standard InChI is InChI=1S/C12H21NO2/c1-9(14)7-11-5-4-6-12(13(11)3)8-10(2)15/h11-12H,4-8H2,1-3H3/t11-,12-/m1/s1. The van der Waals surface area contributed by atoms with Crippen LogP contribution >= 0.6 is 0 Å². The summed E-state index contributed by atoms with van der Waals surface area (Å²) in [4.78, 5) is 24.4. The highest BCUT2D eigenvalue weighted by Gasteiger charge is 2.28. The van der Waals surface area contributed by atoms with Gasteiger partial charge in [0.1, 0.15) is 11.6 Å². The number of carbonyl (C=O) groups is 2. The van der Waals surface area contributed by atoms with Crippen molar-refractivity contribution >= 4 is 11.6 Å². The molecule has 3 nitrogen and oxygen atoms in total. The maximum atomic E-state index is 11.1. The molecule has 0 bridgehead atoms. The molecule has 0 amide bonds. The summed E-state index contributed by atoms with van der Waals surface area (Å²) in [5, 5.41) is 0. The smallest absolute Gasteiger partial charge is 0.131 e. The fraction of sp³-hybridized carbons (Fsp3) is 0.833. The highest BCUT2D eigenvalue weighted by atomic mass is 16.1. The third-order valence-corrected chi connectivity index (χ3v) is 3.27. The first kappa shape index (κ1) is 12.4. The molecule has 0 aromatic carbocycles. The van der Waals surface area contributed by atoms with Crippen LogP contribution in [0, 0.1) is 0 Å². The van der Waals surface area contributed by atoms with Crippen LogP contribution in [0.25, 0.3) is 0 Å².